The van der Waals surface area contributed by atoms with Crippen LogP contribution in [0.4, 0.5) is 0 Å². The average Bonchev–Trinajstić information content (AvgIpc) is 2.94. The second-order valence-electron chi connectivity index (χ2n) is 4.93. The number of hydrogen-bond acceptors (Lipinski definition) is 6. The van der Waals surface area contributed by atoms with E-state index in [0.29, 0.717) is 5.39 Å². The number of halogens is 1. The fourth-order valence-corrected chi connectivity index (χ4v) is 4.32. The zero-order valence-corrected chi connectivity index (χ0v) is 14.8. The summed E-state index contributed by atoms with van der Waals surface area (Å²) >= 11 is 0. The van der Waals surface area contributed by atoms with Crippen LogP contribution in [-0.2, 0) is 23.5 Å². The molecule has 1 heterocycles. The lowest BCUT2D eigenvalue weighted by Crippen LogP contribution is -2.20. The minimum Gasteiger partial charge on any atom is -0.328 e. The van der Waals surface area contributed by atoms with Crippen molar-refractivity contribution in [2.45, 2.75) is 4.90 Å². The molecule has 2 aromatic carbocycles. The number of fused-ring (bicyclic) bond motifs is 1. The molecular formula is C15H10ClNO6S2. The van der Waals surface area contributed by atoms with E-state index in [1.807, 2.05) is 0 Å². The quantitative estimate of drug-likeness (QED) is 0.625. The molecule has 0 unspecified atom stereocenters. The standard InChI is InChI=1S/C15H10ClNO6S2/c16-25(21,22)23-15(18)14-10-11-6-4-5-9-13(11)17(14)24(19,20)12-7-2-1-3-8-12/h1-10H. The Morgan fingerprint density at radius 3 is 2.16 bits per heavy atom. The summed E-state index contributed by atoms with van der Waals surface area (Å²) in [7, 11) is -3.87. The van der Waals surface area contributed by atoms with E-state index in [1.165, 1.54) is 36.4 Å². The maximum atomic E-state index is 13.0. The first kappa shape index (κ1) is 17.5. The molecule has 3 aromatic rings. The van der Waals surface area contributed by atoms with Gasteiger partial charge < -0.3 is 4.18 Å². The van der Waals surface area contributed by atoms with Gasteiger partial charge in [0.05, 0.1) is 21.1 Å². The smallest absolute Gasteiger partial charge is 0.328 e. The Morgan fingerprint density at radius 2 is 1.52 bits per heavy atom. The van der Waals surface area contributed by atoms with E-state index in [1.54, 1.807) is 24.3 Å². The van der Waals surface area contributed by atoms with Gasteiger partial charge >= 0.3 is 15.3 Å². The predicted molar refractivity (Wildman–Crippen MR) is 91.2 cm³/mol. The summed E-state index contributed by atoms with van der Waals surface area (Å²) in [6.45, 7) is 0. The van der Waals surface area contributed by atoms with Crippen molar-refractivity contribution >= 4 is 46.9 Å². The van der Waals surface area contributed by atoms with Crippen molar-refractivity contribution in [3.8, 4) is 0 Å². The van der Waals surface area contributed by atoms with Crippen molar-refractivity contribution in [3.05, 3.63) is 66.4 Å². The maximum absolute atomic E-state index is 13.0. The molecule has 0 atom stereocenters. The second kappa shape index (κ2) is 6.17. The number of carbonyl (C=O) groups is 1. The molecule has 0 N–H and O–H groups in total. The van der Waals surface area contributed by atoms with E-state index in [4.69, 9.17) is 10.7 Å². The summed E-state index contributed by atoms with van der Waals surface area (Å²) in [5.41, 5.74) is -0.278. The Kier molecular flexibility index (Phi) is 4.31. The van der Waals surface area contributed by atoms with Gasteiger partial charge in [0.15, 0.2) is 0 Å². The molecule has 0 fully saturated rings. The third kappa shape index (κ3) is 3.39. The molecule has 1 aromatic heterocycles. The molecule has 3 rings (SSSR count). The molecule has 0 saturated carbocycles. The molecule has 130 valence electrons. The fraction of sp³-hybridized carbons (Fsp3) is 0. The highest BCUT2D eigenvalue weighted by Crippen LogP contribution is 2.26. The number of rotatable bonds is 4. The van der Waals surface area contributed by atoms with E-state index < -0.39 is 31.0 Å². The molecule has 0 aliphatic carbocycles. The van der Waals surface area contributed by atoms with E-state index in [0.717, 1.165) is 3.97 Å². The third-order valence-corrected chi connectivity index (χ3v) is 5.61. The summed E-state index contributed by atoms with van der Waals surface area (Å²) in [4.78, 5) is 12.1. The fourth-order valence-electron chi connectivity index (χ4n) is 2.36. The van der Waals surface area contributed by atoms with Crippen LogP contribution in [0.3, 0.4) is 0 Å². The number of para-hydroxylation sites is 1. The summed E-state index contributed by atoms with van der Waals surface area (Å²) in [6, 6.07) is 14.9. The van der Waals surface area contributed by atoms with E-state index in [-0.39, 0.29) is 10.4 Å². The lowest BCUT2D eigenvalue weighted by Gasteiger charge is -2.10. The SMILES string of the molecule is O=C(OS(=O)(=O)Cl)c1cc2ccccc2n1S(=O)(=O)c1ccccc1. The van der Waals surface area contributed by atoms with Crippen molar-refractivity contribution in [1.82, 2.24) is 3.97 Å². The molecule has 0 spiro atoms. The lowest BCUT2D eigenvalue weighted by atomic mass is 10.2. The largest absolute Gasteiger partial charge is 0.404 e. The molecule has 10 heteroatoms. The monoisotopic (exact) mass is 399 g/mol. The van der Waals surface area contributed by atoms with Gasteiger partial charge in [0.25, 0.3) is 10.0 Å². The van der Waals surface area contributed by atoms with Crippen LogP contribution in [0.25, 0.3) is 10.9 Å². The van der Waals surface area contributed by atoms with Crippen LogP contribution < -0.4 is 0 Å². The first-order valence-corrected chi connectivity index (χ1v) is 10.5. The van der Waals surface area contributed by atoms with Crippen molar-refractivity contribution in [1.29, 1.82) is 0 Å². The zero-order valence-electron chi connectivity index (χ0n) is 12.4. The van der Waals surface area contributed by atoms with Gasteiger partial charge in [0.1, 0.15) is 5.69 Å². The van der Waals surface area contributed by atoms with Gasteiger partial charge in [-0.2, -0.15) is 8.42 Å². The molecule has 0 amide bonds. The lowest BCUT2D eigenvalue weighted by molar-refractivity contribution is 0.0745. The molecular weight excluding hydrogens is 390 g/mol. The van der Waals surface area contributed by atoms with E-state index in [9.17, 15) is 21.6 Å². The maximum Gasteiger partial charge on any atom is 0.404 e. The predicted octanol–water partition coefficient (Wildman–Crippen LogP) is 2.52. The molecule has 0 aliphatic rings. The van der Waals surface area contributed by atoms with E-state index >= 15 is 0 Å². The van der Waals surface area contributed by atoms with Crippen LogP contribution in [0, 0.1) is 0 Å². The summed E-state index contributed by atoms with van der Waals surface area (Å²) < 4.78 is 52.9. The number of benzene rings is 2. The highest BCUT2D eigenvalue weighted by molar-refractivity contribution is 8.10. The average molecular weight is 400 g/mol. The van der Waals surface area contributed by atoms with Crippen molar-refractivity contribution in [3.63, 3.8) is 0 Å². The minimum absolute atomic E-state index is 0.0702. The number of aromatic nitrogens is 1. The van der Waals surface area contributed by atoms with Crippen molar-refractivity contribution < 1.29 is 25.8 Å². The Hall–Kier alpha value is -2.36. The van der Waals surface area contributed by atoms with Gasteiger partial charge in [-0.05, 0) is 24.3 Å². The number of hydrogen-bond donors (Lipinski definition) is 0. The Morgan fingerprint density at radius 1 is 0.920 bits per heavy atom. The van der Waals surface area contributed by atoms with Crippen molar-refractivity contribution in [2.75, 3.05) is 0 Å². The van der Waals surface area contributed by atoms with Gasteiger partial charge in [0, 0.05) is 5.39 Å². The van der Waals surface area contributed by atoms with Crippen LogP contribution in [-0.4, -0.2) is 26.8 Å². The molecule has 0 radical (unpaired) electrons. The Balaban J connectivity index is 2.30. The van der Waals surface area contributed by atoms with Crippen LogP contribution in [0.1, 0.15) is 10.5 Å². The van der Waals surface area contributed by atoms with Crippen LogP contribution in [0.15, 0.2) is 65.6 Å². The van der Waals surface area contributed by atoms with Crippen molar-refractivity contribution in [2.24, 2.45) is 0 Å². The van der Waals surface area contributed by atoms with Crippen LogP contribution in [0.5, 0.6) is 0 Å². The normalized spacial score (nSPS) is 12.2. The highest BCUT2D eigenvalue weighted by atomic mass is 35.7. The summed E-state index contributed by atoms with van der Waals surface area (Å²) in [5, 5.41) is 0.418. The van der Waals surface area contributed by atoms with Crippen LogP contribution >= 0.6 is 10.7 Å². The summed E-state index contributed by atoms with van der Waals surface area (Å²) in [6.07, 6.45) is 0. The zero-order chi connectivity index (χ0) is 18.2. The first-order valence-electron chi connectivity index (χ1n) is 6.80. The van der Waals surface area contributed by atoms with Gasteiger partial charge in [-0.15, -0.1) is 0 Å². The molecule has 7 nitrogen and oxygen atoms in total. The Labute approximate surface area is 148 Å². The number of carbonyl (C=O) groups excluding carboxylic acids is 1. The molecule has 0 aliphatic heterocycles. The molecule has 0 bridgehead atoms. The second-order valence-corrected chi connectivity index (χ2v) is 8.81. The number of nitrogens with zero attached hydrogens (tertiary/aromatic N) is 1. The highest BCUT2D eigenvalue weighted by Gasteiger charge is 2.29. The van der Waals surface area contributed by atoms with Gasteiger partial charge in [0.2, 0.25) is 0 Å². The van der Waals surface area contributed by atoms with Gasteiger partial charge in [-0.25, -0.2) is 17.2 Å². The summed E-state index contributed by atoms with van der Waals surface area (Å²) in [5.74, 6) is -1.40. The van der Waals surface area contributed by atoms with Gasteiger partial charge in [-0.1, -0.05) is 36.4 Å². The van der Waals surface area contributed by atoms with E-state index in [2.05, 4.69) is 4.18 Å². The van der Waals surface area contributed by atoms with Crippen LogP contribution in [0.2, 0.25) is 0 Å². The third-order valence-electron chi connectivity index (χ3n) is 3.33. The van der Waals surface area contributed by atoms with Gasteiger partial charge in [-0.3, -0.25) is 0 Å². The molecule has 0 saturated heterocycles. The Bertz CT molecular complexity index is 1170. The first-order chi connectivity index (χ1) is 11.7. The minimum atomic E-state index is -4.62. The molecule has 25 heavy (non-hydrogen) atoms. The topological polar surface area (TPSA) is 99.5 Å².